The van der Waals surface area contributed by atoms with E-state index >= 15 is 0 Å². The maximum absolute atomic E-state index is 14.5. The zero-order valence-electron chi connectivity index (χ0n) is 16.3. The van der Waals surface area contributed by atoms with Crippen LogP contribution in [0, 0.1) is 5.82 Å². The predicted octanol–water partition coefficient (Wildman–Crippen LogP) is 4.04. The van der Waals surface area contributed by atoms with Gasteiger partial charge in [-0.15, -0.1) is 0 Å². The number of imidazole rings is 1. The molecule has 9 nitrogen and oxygen atoms in total. The maximum atomic E-state index is 14.5. The van der Waals surface area contributed by atoms with E-state index in [1.807, 2.05) is 13.0 Å². The normalized spacial score (nSPS) is 10.4. The van der Waals surface area contributed by atoms with E-state index in [-0.39, 0.29) is 19.1 Å². The largest absolute Gasteiger partial charge is 0.357 e. The van der Waals surface area contributed by atoms with Gasteiger partial charge in [0, 0.05) is 43.3 Å². The van der Waals surface area contributed by atoms with Gasteiger partial charge in [-0.25, -0.2) is 24.1 Å². The second kappa shape index (κ2) is 9.16. The zero-order valence-corrected chi connectivity index (χ0v) is 16.3. The molecule has 4 N–H and O–H groups in total. The van der Waals surface area contributed by atoms with Crippen molar-refractivity contribution in [3.05, 3.63) is 48.7 Å². The highest BCUT2D eigenvalue weighted by molar-refractivity contribution is 5.98. The first-order valence-corrected chi connectivity index (χ1v) is 9.28. The predicted molar refractivity (Wildman–Crippen MR) is 119 cm³/mol. The number of urea groups is 1. The van der Waals surface area contributed by atoms with Crippen LogP contribution in [0.2, 0.25) is 0 Å². The lowest BCUT2D eigenvalue weighted by atomic mass is 10.0. The number of carbonyl (C=O) groups is 1. The van der Waals surface area contributed by atoms with Crippen LogP contribution in [0.15, 0.2) is 42.9 Å². The van der Waals surface area contributed by atoms with E-state index in [1.54, 1.807) is 25.5 Å². The van der Waals surface area contributed by atoms with E-state index in [2.05, 4.69) is 40.9 Å². The lowest BCUT2D eigenvalue weighted by molar-refractivity contribution is 0.252. The number of halogens is 1. The Balaban J connectivity index is 0.00000272. The molecule has 31 heavy (non-hydrogen) atoms. The van der Waals surface area contributed by atoms with Crippen molar-refractivity contribution in [1.82, 2.24) is 30.2 Å². The number of aromatic nitrogens is 5. The third kappa shape index (κ3) is 4.42. The van der Waals surface area contributed by atoms with Crippen LogP contribution < -0.4 is 16.0 Å². The number of aromatic amines is 1. The molecule has 3 heterocycles. The van der Waals surface area contributed by atoms with Crippen molar-refractivity contribution >= 4 is 29.0 Å². The number of carbonyl (C=O) groups excluding carboxylic acids is 1. The van der Waals surface area contributed by atoms with Crippen molar-refractivity contribution in [1.29, 1.82) is 0 Å². The molecule has 10 heteroatoms. The molecule has 0 radical (unpaired) electrons. The quantitative estimate of drug-likeness (QED) is 0.385. The van der Waals surface area contributed by atoms with E-state index < -0.39 is 11.8 Å². The highest BCUT2D eigenvalue weighted by Gasteiger charge is 2.17. The van der Waals surface area contributed by atoms with Gasteiger partial charge >= 0.3 is 6.03 Å². The monoisotopic (exact) mass is 422 g/mol. The van der Waals surface area contributed by atoms with Crippen LogP contribution in [-0.2, 0) is 0 Å². The van der Waals surface area contributed by atoms with E-state index in [1.165, 1.54) is 18.3 Å². The van der Waals surface area contributed by atoms with Gasteiger partial charge in [0.2, 0.25) is 11.9 Å². The second-order valence-electron chi connectivity index (χ2n) is 6.37. The first kappa shape index (κ1) is 21.6. The Hall–Kier alpha value is -4.08. The van der Waals surface area contributed by atoms with Crippen LogP contribution in [0.4, 0.5) is 21.1 Å². The summed E-state index contributed by atoms with van der Waals surface area (Å²) in [4.78, 5) is 32.0. The minimum Gasteiger partial charge on any atom is -0.357 e. The molecule has 0 aliphatic rings. The number of rotatable bonds is 5. The molecule has 4 rings (SSSR count). The minimum atomic E-state index is -0.473. The van der Waals surface area contributed by atoms with Gasteiger partial charge in [0.15, 0.2) is 0 Å². The summed E-state index contributed by atoms with van der Waals surface area (Å²) in [5, 5.41) is 8.14. The van der Waals surface area contributed by atoms with E-state index in [9.17, 15) is 9.18 Å². The van der Waals surface area contributed by atoms with Crippen molar-refractivity contribution in [2.75, 3.05) is 24.2 Å². The number of fused-ring (bicyclic) bond motifs is 1. The third-order valence-electron chi connectivity index (χ3n) is 4.38. The molecule has 0 aliphatic carbocycles. The fourth-order valence-corrected chi connectivity index (χ4v) is 3.03. The van der Waals surface area contributed by atoms with Gasteiger partial charge in [-0.1, -0.05) is 7.43 Å². The van der Waals surface area contributed by atoms with E-state index in [4.69, 9.17) is 0 Å². The van der Waals surface area contributed by atoms with Gasteiger partial charge in [0.05, 0.1) is 5.52 Å². The number of benzene rings is 1. The Morgan fingerprint density at radius 3 is 2.61 bits per heavy atom. The fraction of sp³-hybridized carbons (Fsp3) is 0.190. The molecule has 2 amide bonds. The molecule has 0 fully saturated rings. The summed E-state index contributed by atoms with van der Waals surface area (Å²) in [6.45, 7) is 2.29. The topological polar surface area (TPSA) is 121 Å². The smallest absolute Gasteiger partial charge is 0.321 e. The van der Waals surface area contributed by atoms with Gasteiger partial charge in [-0.3, -0.25) is 10.3 Å². The molecule has 0 atom stereocenters. The lowest BCUT2D eigenvalue weighted by Crippen LogP contribution is -2.28. The summed E-state index contributed by atoms with van der Waals surface area (Å²) >= 11 is 0. The molecular formula is C21H23FN8O. The number of hydrogen-bond donors (Lipinski definition) is 4. The van der Waals surface area contributed by atoms with Crippen molar-refractivity contribution < 1.29 is 9.18 Å². The summed E-state index contributed by atoms with van der Waals surface area (Å²) in [7, 11) is 1.73. The minimum absolute atomic E-state index is 0. The molecule has 0 spiro atoms. The number of H-pyrrole nitrogens is 1. The molecule has 0 bridgehead atoms. The molecular weight excluding hydrogens is 399 g/mol. The molecule has 1 aromatic carbocycles. The summed E-state index contributed by atoms with van der Waals surface area (Å²) in [6.07, 6.45) is 4.85. The number of pyridine rings is 1. The molecule has 0 aliphatic heterocycles. The molecule has 0 saturated heterocycles. The first-order chi connectivity index (χ1) is 14.6. The summed E-state index contributed by atoms with van der Waals surface area (Å²) in [5.74, 6) is 0.261. The van der Waals surface area contributed by atoms with Crippen molar-refractivity contribution in [2.45, 2.75) is 14.4 Å². The average Bonchev–Trinajstić information content (AvgIpc) is 3.16. The average molecular weight is 422 g/mol. The Morgan fingerprint density at radius 1 is 1.16 bits per heavy atom. The first-order valence-electron chi connectivity index (χ1n) is 9.28. The molecule has 0 unspecified atom stereocenters. The maximum Gasteiger partial charge on any atom is 0.321 e. The van der Waals surface area contributed by atoms with Crippen LogP contribution in [-0.4, -0.2) is 44.5 Å². The van der Waals surface area contributed by atoms with Crippen molar-refractivity contribution in [3.63, 3.8) is 0 Å². The Kier molecular flexibility index (Phi) is 6.39. The van der Waals surface area contributed by atoms with Crippen molar-refractivity contribution in [2.24, 2.45) is 0 Å². The van der Waals surface area contributed by atoms with Gasteiger partial charge in [-0.2, -0.15) is 0 Å². The van der Waals surface area contributed by atoms with Gasteiger partial charge in [0.25, 0.3) is 0 Å². The van der Waals surface area contributed by atoms with Crippen LogP contribution >= 0.6 is 0 Å². The molecule has 160 valence electrons. The fourth-order valence-electron chi connectivity index (χ4n) is 3.03. The van der Waals surface area contributed by atoms with Gasteiger partial charge < -0.3 is 15.6 Å². The van der Waals surface area contributed by atoms with Crippen LogP contribution in [0.25, 0.3) is 33.4 Å². The molecule has 4 aromatic rings. The zero-order chi connectivity index (χ0) is 21.1. The third-order valence-corrected chi connectivity index (χ3v) is 4.38. The van der Waals surface area contributed by atoms with E-state index in [0.717, 1.165) is 11.1 Å². The molecule has 0 saturated carbocycles. The lowest BCUT2D eigenvalue weighted by Gasteiger charge is -2.08. The summed E-state index contributed by atoms with van der Waals surface area (Å²) < 4.78 is 14.5. The Morgan fingerprint density at radius 2 is 1.94 bits per heavy atom. The summed E-state index contributed by atoms with van der Waals surface area (Å²) in [5.41, 5.74) is 3.22. The number of hydrogen-bond acceptors (Lipinski definition) is 6. The highest BCUT2D eigenvalue weighted by Crippen LogP contribution is 2.33. The van der Waals surface area contributed by atoms with Crippen LogP contribution in [0.1, 0.15) is 14.4 Å². The van der Waals surface area contributed by atoms with Crippen LogP contribution in [0.5, 0.6) is 0 Å². The summed E-state index contributed by atoms with van der Waals surface area (Å²) in [6, 6.07) is 6.09. The highest BCUT2D eigenvalue weighted by atomic mass is 19.1. The number of anilines is 2. The number of nitrogens with one attached hydrogen (secondary N) is 4. The van der Waals surface area contributed by atoms with Gasteiger partial charge in [-0.05, 0) is 36.8 Å². The Labute approximate surface area is 178 Å². The van der Waals surface area contributed by atoms with Gasteiger partial charge in [0.1, 0.15) is 17.0 Å². The van der Waals surface area contributed by atoms with Crippen molar-refractivity contribution in [3.8, 4) is 22.4 Å². The second-order valence-corrected chi connectivity index (χ2v) is 6.37. The van der Waals surface area contributed by atoms with Crippen LogP contribution in [0.3, 0.4) is 0 Å². The SMILES string of the molecule is C.CCNC(=O)Nc1nc2c(-c3ncccc3F)cc(-c3cnc(NC)nc3)cc2[nH]1. The number of amides is 2. The standard InChI is InChI=1S/C20H19FN8O.CH4/c1-3-23-20(30)29-19-27-15-8-11(12-9-25-18(22-2)26-10-12)7-13(17(15)28-19)16-14(21)5-4-6-24-16;/h4-10H,3H2,1-2H3,(H,22,25,26)(H3,23,27,28,29,30);1H4. The van der Waals surface area contributed by atoms with E-state index in [0.29, 0.717) is 29.1 Å². The Bertz CT molecular complexity index is 1210. The molecule has 3 aromatic heterocycles. The number of nitrogens with zero attached hydrogens (tertiary/aromatic N) is 4.